The summed E-state index contributed by atoms with van der Waals surface area (Å²) in [4.78, 5) is 10.0. The predicted molar refractivity (Wildman–Crippen MR) is 154 cm³/mol. The summed E-state index contributed by atoms with van der Waals surface area (Å²) >= 11 is 0. The highest BCUT2D eigenvalue weighted by Gasteiger charge is 2.35. The predicted octanol–water partition coefficient (Wildman–Crippen LogP) is 8.07. The van der Waals surface area contributed by atoms with Crippen LogP contribution in [0.25, 0.3) is 11.1 Å². The number of benzene rings is 3. The zero-order valence-corrected chi connectivity index (χ0v) is 24.3. The molecule has 4 rings (SSSR count). The van der Waals surface area contributed by atoms with Crippen molar-refractivity contribution in [1.82, 2.24) is 0 Å². The molecule has 0 saturated heterocycles. The monoisotopic (exact) mass is 536 g/mol. The molecule has 1 saturated carbocycles. The van der Waals surface area contributed by atoms with Gasteiger partial charge < -0.3 is 19.1 Å². The second-order valence-corrected chi connectivity index (χ2v) is 14.1. The fourth-order valence-electron chi connectivity index (χ4n) is 5.31. The quantitative estimate of drug-likeness (QED) is 0.251. The zero-order valence-electron chi connectivity index (χ0n) is 23.4. The van der Waals surface area contributed by atoms with Crippen LogP contribution in [0.1, 0.15) is 62.3 Å². The van der Waals surface area contributed by atoms with Crippen LogP contribution in [-0.2, 0) is 15.9 Å². The molecular weight excluding hydrogens is 495 g/mol. The van der Waals surface area contributed by atoms with Crippen molar-refractivity contribution in [3.05, 3.63) is 83.4 Å². The van der Waals surface area contributed by atoms with Crippen LogP contribution in [0.15, 0.2) is 66.7 Å². The summed E-state index contributed by atoms with van der Waals surface area (Å²) in [5, 5.41) is 0. The van der Waals surface area contributed by atoms with Crippen LogP contribution in [0, 0.1) is 11.3 Å². The third kappa shape index (κ3) is 7.28. The molecule has 0 heterocycles. The minimum Gasteiger partial charge on any atom is -0.497 e. The van der Waals surface area contributed by atoms with E-state index in [4.69, 9.17) is 14.2 Å². The van der Waals surface area contributed by atoms with Gasteiger partial charge in [-0.25, -0.2) is 0 Å². The lowest BCUT2D eigenvalue weighted by Crippen LogP contribution is -2.21. The fraction of sp³-hybridized carbons (Fsp3) is 0.438. The van der Waals surface area contributed by atoms with Crippen molar-refractivity contribution in [3.63, 3.8) is 0 Å². The molecule has 1 N–H and O–H groups in total. The van der Waals surface area contributed by atoms with Gasteiger partial charge in [0.05, 0.1) is 13.2 Å². The molecular formula is C32H41O5P. The molecule has 3 aromatic rings. The van der Waals surface area contributed by atoms with Crippen LogP contribution in [0.4, 0.5) is 0 Å². The van der Waals surface area contributed by atoms with E-state index in [1.54, 1.807) is 14.2 Å². The van der Waals surface area contributed by atoms with E-state index in [2.05, 4.69) is 51.1 Å². The summed E-state index contributed by atoms with van der Waals surface area (Å²) in [6.07, 6.45) is 2.44. The van der Waals surface area contributed by atoms with Gasteiger partial charge >= 0.3 is 0 Å². The van der Waals surface area contributed by atoms with Crippen LogP contribution in [0.3, 0.4) is 0 Å². The van der Waals surface area contributed by atoms with Crippen molar-refractivity contribution in [1.29, 1.82) is 0 Å². The van der Waals surface area contributed by atoms with E-state index in [1.165, 1.54) is 6.66 Å². The summed E-state index contributed by atoms with van der Waals surface area (Å²) in [6, 6.07) is 22.6. The largest absolute Gasteiger partial charge is 0.497 e. The van der Waals surface area contributed by atoms with E-state index in [9.17, 15) is 9.46 Å². The van der Waals surface area contributed by atoms with Crippen LogP contribution in [0.2, 0.25) is 0 Å². The van der Waals surface area contributed by atoms with Gasteiger partial charge in [0.25, 0.3) is 0 Å². The average Bonchev–Trinajstić information content (AvgIpc) is 3.71. The van der Waals surface area contributed by atoms with E-state index in [0.29, 0.717) is 18.7 Å². The van der Waals surface area contributed by atoms with Gasteiger partial charge in [-0.3, -0.25) is 4.57 Å². The lowest BCUT2D eigenvalue weighted by atomic mass is 9.81. The van der Waals surface area contributed by atoms with Crippen LogP contribution < -0.4 is 9.47 Å². The molecule has 204 valence electrons. The van der Waals surface area contributed by atoms with E-state index >= 15 is 0 Å². The molecule has 6 heteroatoms. The zero-order chi connectivity index (χ0) is 27.5. The number of ether oxygens (including phenoxy) is 3. The van der Waals surface area contributed by atoms with E-state index < -0.39 is 7.37 Å². The molecule has 0 amide bonds. The molecule has 38 heavy (non-hydrogen) atoms. The smallest absolute Gasteiger partial charge is 0.198 e. The van der Waals surface area contributed by atoms with Gasteiger partial charge in [0.15, 0.2) is 7.37 Å². The third-order valence-electron chi connectivity index (χ3n) is 7.22. The van der Waals surface area contributed by atoms with Crippen LogP contribution in [0.5, 0.6) is 11.5 Å². The number of methoxy groups -OCH3 is 2. The Hall–Kier alpha value is -2.59. The minimum atomic E-state index is -3.11. The maximum atomic E-state index is 12.2. The van der Waals surface area contributed by atoms with Gasteiger partial charge in [0.1, 0.15) is 18.1 Å². The molecule has 0 radical (unpaired) electrons. The van der Waals surface area contributed by atoms with Crippen molar-refractivity contribution in [3.8, 4) is 22.6 Å². The van der Waals surface area contributed by atoms with E-state index in [0.717, 1.165) is 52.2 Å². The number of hydrogen-bond donors (Lipinski definition) is 1. The molecule has 0 aliphatic heterocycles. The van der Waals surface area contributed by atoms with E-state index in [-0.39, 0.29) is 17.4 Å². The Bertz CT molecular complexity index is 1290. The van der Waals surface area contributed by atoms with Crippen molar-refractivity contribution in [2.45, 2.75) is 52.2 Å². The van der Waals surface area contributed by atoms with Crippen molar-refractivity contribution >= 4 is 7.37 Å². The summed E-state index contributed by atoms with van der Waals surface area (Å²) in [5.74, 6) is 2.17. The highest BCUT2D eigenvalue weighted by Crippen LogP contribution is 2.51. The van der Waals surface area contributed by atoms with Gasteiger partial charge in [0, 0.05) is 19.9 Å². The van der Waals surface area contributed by atoms with Crippen molar-refractivity contribution < 1.29 is 23.7 Å². The van der Waals surface area contributed by atoms with Crippen LogP contribution >= 0.6 is 7.37 Å². The molecule has 0 spiro atoms. The van der Waals surface area contributed by atoms with E-state index in [1.807, 2.05) is 36.4 Å². The summed E-state index contributed by atoms with van der Waals surface area (Å²) < 4.78 is 29.9. The molecule has 1 fully saturated rings. The number of rotatable bonds is 11. The first-order chi connectivity index (χ1) is 18.0. The Balaban J connectivity index is 1.61. The molecule has 5 nitrogen and oxygen atoms in total. The first-order valence-electron chi connectivity index (χ1n) is 13.3. The Kier molecular flexibility index (Phi) is 8.72. The van der Waals surface area contributed by atoms with Crippen molar-refractivity contribution in [2.24, 2.45) is 11.3 Å². The van der Waals surface area contributed by atoms with Gasteiger partial charge in [0.2, 0.25) is 0 Å². The van der Waals surface area contributed by atoms with Gasteiger partial charge in [-0.1, -0.05) is 57.2 Å². The third-order valence-corrected chi connectivity index (χ3v) is 8.29. The topological polar surface area (TPSA) is 65.0 Å². The Morgan fingerprint density at radius 3 is 2.32 bits per heavy atom. The molecule has 1 aliphatic carbocycles. The first-order valence-corrected chi connectivity index (χ1v) is 15.6. The lowest BCUT2D eigenvalue weighted by molar-refractivity contribution is 0.0155. The number of hydrogen-bond acceptors (Lipinski definition) is 4. The molecule has 0 bridgehead atoms. The lowest BCUT2D eigenvalue weighted by Gasteiger charge is -2.32. The van der Waals surface area contributed by atoms with Crippen LogP contribution in [-0.4, -0.2) is 31.9 Å². The molecule has 0 aromatic heterocycles. The fourth-order valence-corrected chi connectivity index (χ4v) is 6.55. The average molecular weight is 537 g/mol. The maximum absolute atomic E-state index is 12.2. The summed E-state index contributed by atoms with van der Waals surface area (Å²) in [7, 11) is 0.335. The second-order valence-electron chi connectivity index (χ2n) is 11.7. The minimum absolute atomic E-state index is 0.0994. The normalized spacial score (nSPS) is 16.9. The molecule has 3 aromatic carbocycles. The van der Waals surface area contributed by atoms with Gasteiger partial charge in [-0.05, 0) is 88.2 Å². The molecule has 2 unspecified atom stereocenters. The Labute approximate surface area is 227 Å². The summed E-state index contributed by atoms with van der Waals surface area (Å²) in [6.45, 7) is 8.42. The highest BCUT2D eigenvalue weighted by atomic mass is 31.2. The van der Waals surface area contributed by atoms with Crippen molar-refractivity contribution in [2.75, 3.05) is 27.0 Å². The highest BCUT2D eigenvalue weighted by molar-refractivity contribution is 7.57. The van der Waals surface area contributed by atoms with Gasteiger partial charge in [-0.2, -0.15) is 0 Å². The Morgan fingerprint density at radius 2 is 1.68 bits per heavy atom. The SMILES string of the molecule is COc1cccc(-c2ccc(COc3cccc(C(CP(C)(=O)O)C4CC4)c3)cc2[C@@H](OC)C(C)(C)C)c1. The second kappa shape index (κ2) is 11.7. The molecule has 1 aliphatic rings. The Morgan fingerprint density at radius 1 is 0.974 bits per heavy atom. The maximum Gasteiger partial charge on any atom is 0.198 e. The summed E-state index contributed by atoms with van der Waals surface area (Å²) in [5.41, 5.74) is 5.32. The van der Waals surface area contributed by atoms with Gasteiger partial charge in [-0.15, -0.1) is 0 Å². The molecule has 3 atom stereocenters. The standard InChI is InChI=1S/C32H41O5P/c1-32(2,3)31(36-5)29-17-22(13-16-28(29)24-9-7-11-26(18-24)35-4)20-37-27-12-8-10-25(19-27)30(23-14-15-23)21-38(6,33)34/h7-13,16-19,23,30-31H,14-15,20-21H2,1-6H3,(H,33,34)/t30?,31-/m1/s1. The first kappa shape index (κ1) is 28.4.